The van der Waals surface area contributed by atoms with Crippen molar-refractivity contribution in [3.63, 3.8) is 0 Å². The van der Waals surface area contributed by atoms with Crippen LogP contribution in [0.5, 0.6) is 0 Å². The van der Waals surface area contributed by atoms with Gasteiger partial charge in [0.25, 0.3) is 0 Å². The summed E-state index contributed by atoms with van der Waals surface area (Å²) in [6.45, 7) is 5.47. The summed E-state index contributed by atoms with van der Waals surface area (Å²) < 4.78 is 0. The Morgan fingerprint density at radius 2 is 1.81 bits per heavy atom. The number of benzene rings is 2. The van der Waals surface area contributed by atoms with E-state index in [-0.39, 0.29) is 6.42 Å². The topological polar surface area (TPSA) is 35.5 Å². The Hall–Kier alpha value is -2.13. The fraction of sp³-hybridized carbons (Fsp3) is 0.278. The van der Waals surface area contributed by atoms with Gasteiger partial charge in [0.05, 0.1) is 6.42 Å². The second-order valence-electron chi connectivity index (χ2n) is 5.86. The number of rotatable bonds is 4. The van der Waals surface area contributed by atoms with Crippen molar-refractivity contribution >= 4 is 22.8 Å². The molecular formula is C18H20O3. The van der Waals surface area contributed by atoms with Crippen LogP contribution in [0.25, 0.3) is 16.8 Å². The van der Waals surface area contributed by atoms with Crippen LogP contribution in [0.3, 0.4) is 0 Å². The predicted octanol–water partition coefficient (Wildman–Crippen LogP) is 4.52. The fourth-order valence-corrected chi connectivity index (χ4v) is 1.81. The average molecular weight is 284 g/mol. The largest absolute Gasteiger partial charge is 0.346 e. The zero-order chi connectivity index (χ0) is 15.3. The lowest BCUT2D eigenvalue weighted by atomic mass is 10.1. The molecule has 0 spiro atoms. The van der Waals surface area contributed by atoms with Crippen molar-refractivity contribution in [2.45, 2.75) is 32.8 Å². The summed E-state index contributed by atoms with van der Waals surface area (Å²) in [5.74, 6) is -0.401. The summed E-state index contributed by atoms with van der Waals surface area (Å²) in [5, 5.41) is 2.38. The van der Waals surface area contributed by atoms with Gasteiger partial charge in [-0.05, 0) is 43.2 Å². The molecule has 0 aliphatic rings. The lowest BCUT2D eigenvalue weighted by Crippen LogP contribution is -2.21. The van der Waals surface area contributed by atoms with E-state index >= 15 is 0 Å². The highest BCUT2D eigenvalue weighted by molar-refractivity contribution is 5.84. The summed E-state index contributed by atoms with van der Waals surface area (Å²) in [6.07, 6.45) is 3.87. The zero-order valence-electron chi connectivity index (χ0n) is 12.6. The van der Waals surface area contributed by atoms with Gasteiger partial charge < -0.3 is 0 Å². The minimum atomic E-state index is -0.488. The maximum Gasteiger partial charge on any atom is 0.346 e. The second-order valence-corrected chi connectivity index (χ2v) is 5.86. The highest BCUT2D eigenvalue weighted by Gasteiger charge is 2.14. The van der Waals surface area contributed by atoms with E-state index in [1.54, 1.807) is 6.08 Å². The smallest absolute Gasteiger partial charge is 0.297 e. The first kappa shape index (κ1) is 15.3. The Morgan fingerprint density at radius 3 is 2.52 bits per heavy atom. The third kappa shape index (κ3) is 5.04. The van der Waals surface area contributed by atoms with Crippen molar-refractivity contribution in [3.05, 3.63) is 54.1 Å². The van der Waals surface area contributed by atoms with Gasteiger partial charge in [-0.2, -0.15) is 4.89 Å². The van der Waals surface area contributed by atoms with Gasteiger partial charge in [0.2, 0.25) is 0 Å². The van der Waals surface area contributed by atoms with E-state index < -0.39 is 11.6 Å². The molecule has 2 aromatic rings. The summed E-state index contributed by atoms with van der Waals surface area (Å²) in [4.78, 5) is 21.2. The first-order chi connectivity index (χ1) is 9.94. The lowest BCUT2D eigenvalue weighted by molar-refractivity contribution is -0.319. The molecule has 0 heterocycles. The van der Waals surface area contributed by atoms with Crippen LogP contribution in [0.15, 0.2) is 48.5 Å². The van der Waals surface area contributed by atoms with Gasteiger partial charge in [0, 0.05) is 0 Å². The molecule has 0 fully saturated rings. The van der Waals surface area contributed by atoms with Gasteiger partial charge in [0.1, 0.15) is 5.60 Å². The van der Waals surface area contributed by atoms with Gasteiger partial charge >= 0.3 is 5.97 Å². The van der Waals surface area contributed by atoms with Crippen LogP contribution in [0, 0.1) is 0 Å². The molecule has 2 aromatic carbocycles. The second kappa shape index (κ2) is 6.55. The Labute approximate surface area is 125 Å². The molecule has 0 bridgehead atoms. The molecule has 0 N–H and O–H groups in total. The Morgan fingerprint density at radius 1 is 1.10 bits per heavy atom. The van der Waals surface area contributed by atoms with Gasteiger partial charge in [-0.3, -0.25) is 4.89 Å². The first-order valence-electron chi connectivity index (χ1n) is 6.98. The normalized spacial score (nSPS) is 12.0. The molecule has 0 saturated carbocycles. The van der Waals surface area contributed by atoms with E-state index in [9.17, 15) is 4.79 Å². The first-order valence-corrected chi connectivity index (χ1v) is 6.98. The third-order valence-electron chi connectivity index (χ3n) is 2.75. The standard InChI is InChI=1S/C18H20O3/c1-18(2,3)21-20-17(19)10-6-7-14-11-12-15-8-4-5-9-16(15)13-14/h4-9,11-13H,10H2,1-3H3/b7-6+. The molecule has 110 valence electrons. The van der Waals surface area contributed by atoms with Crippen molar-refractivity contribution < 1.29 is 14.6 Å². The number of hydrogen-bond donors (Lipinski definition) is 0. The summed E-state index contributed by atoms with van der Waals surface area (Å²) in [6, 6.07) is 14.3. The van der Waals surface area contributed by atoms with Gasteiger partial charge in [-0.15, -0.1) is 0 Å². The monoisotopic (exact) mass is 284 g/mol. The summed E-state index contributed by atoms with van der Waals surface area (Å²) in [5.41, 5.74) is 0.566. The number of hydrogen-bond acceptors (Lipinski definition) is 3. The Kier molecular flexibility index (Phi) is 4.76. The van der Waals surface area contributed by atoms with E-state index in [1.807, 2.05) is 45.0 Å². The van der Waals surface area contributed by atoms with Crippen LogP contribution in [0.4, 0.5) is 0 Å². The minimum absolute atomic E-state index is 0.183. The minimum Gasteiger partial charge on any atom is -0.297 e. The van der Waals surface area contributed by atoms with E-state index in [2.05, 4.69) is 24.3 Å². The molecule has 0 aliphatic heterocycles. The summed E-state index contributed by atoms with van der Waals surface area (Å²) >= 11 is 0. The van der Waals surface area contributed by atoms with E-state index in [0.29, 0.717) is 0 Å². The maximum absolute atomic E-state index is 11.5. The number of fused-ring (bicyclic) bond motifs is 1. The van der Waals surface area contributed by atoms with Crippen molar-refractivity contribution in [1.82, 2.24) is 0 Å². The van der Waals surface area contributed by atoms with Crippen LogP contribution < -0.4 is 0 Å². The average Bonchev–Trinajstić information content (AvgIpc) is 2.44. The molecular weight excluding hydrogens is 264 g/mol. The van der Waals surface area contributed by atoms with Crippen LogP contribution in [0.1, 0.15) is 32.8 Å². The van der Waals surface area contributed by atoms with Gasteiger partial charge in [-0.1, -0.05) is 48.6 Å². The van der Waals surface area contributed by atoms with Crippen molar-refractivity contribution in [2.75, 3.05) is 0 Å². The zero-order valence-corrected chi connectivity index (χ0v) is 12.6. The SMILES string of the molecule is CC(C)(C)OOC(=O)C/C=C/c1ccc2ccccc2c1. The van der Waals surface area contributed by atoms with Gasteiger partial charge in [0.15, 0.2) is 0 Å². The molecule has 0 unspecified atom stereocenters. The van der Waals surface area contributed by atoms with Crippen molar-refractivity contribution in [2.24, 2.45) is 0 Å². The quantitative estimate of drug-likeness (QED) is 0.612. The molecule has 0 aromatic heterocycles. The fourth-order valence-electron chi connectivity index (χ4n) is 1.81. The molecule has 21 heavy (non-hydrogen) atoms. The highest BCUT2D eigenvalue weighted by atomic mass is 17.2. The summed E-state index contributed by atoms with van der Waals surface area (Å²) in [7, 11) is 0. The maximum atomic E-state index is 11.5. The molecule has 0 atom stereocenters. The molecule has 3 nitrogen and oxygen atoms in total. The molecule has 0 radical (unpaired) electrons. The van der Waals surface area contributed by atoms with E-state index in [0.717, 1.165) is 5.56 Å². The number of carbonyl (C=O) groups is 1. The van der Waals surface area contributed by atoms with Crippen molar-refractivity contribution in [1.29, 1.82) is 0 Å². The van der Waals surface area contributed by atoms with Crippen LogP contribution in [-0.4, -0.2) is 11.6 Å². The molecule has 0 aliphatic carbocycles. The predicted molar refractivity (Wildman–Crippen MR) is 84.5 cm³/mol. The van der Waals surface area contributed by atoms with Gasteiger partial charge in [-0.25, -0.2) is 4.79 Å². The molecule has 2 rings (SSSR count). The molecule has 0 saturated heterocycles. The van der Waals surface area contributed by atoms with Crippen molar-refractivity contribution in [3.8, 4) is 0 Å². The van der Waals surface area contributed by atoms with Crippen LogP contribution in [-0.2, 0) is 14.6 Å². The molecule has 0 amide bonds. The van der Waals surface area contributed by atoms with Crippen LogP contribution in [0.2, 0.25) is 0 Å². The Bertz CT molecular complexity index is 651. The van der Waals surface area contributed by atoms with E-state index in [4.69, 9.17) is 9.78 Å². The van der Waals surface area contributed by atoms with Crippen LogP contribution >= 0.6 is 0 Å². The lowest BCUT2D eigenvalue weighted by Gasteiger charge is -2.16. The Balaban J connectivity index is 1.92. The number of carbonyl (C=O) groups excluding carboxylic acids is 1. The third-order valence-corrected chi connectivity index (χ3v) is 2.75. The highest BCUT2D eigenvalue weighted by Crippen LogP contribution is 2.16. The van der Waals surface area contributed by atoms with E-state index in [1.165, 1.54) is 10.8 Å². The molecule has 3 heteroatoms.